The molecule has 0 radical (unpaired) electrons. The maximum atomic E-state index is 6.04. The summed E-state index contributed by atoms with van der Waals surface area (Å²) in [5.41, 5.74) is 2.04. The third-order valence-electron chi connectivity index (χ3n) is 2.12. The summed E-state index contributed by atoms with van der Waals surface area (Å²) in [7, 11) is 1.87. The Labute approximate surface area is 77.0 Å². The molecule has 0 saturated heterocycles. The number of hydrogen-bond donors (Lipinski definition) is 1. The maximum Gasteiger partial charge on any atom is 0.0644 e. The topological polar surface area (TPSA) is 24.9 Å². The Morgan fingerprint density at radius 2 is 2.33 bits per heavy atom. The molecule has 64 valence electrons. The van der Waals surface area contributed by atoms with Crippen LogP contribution in [0.2, 0.25) is 5.02 Å². The molecule has 1 aromatic heterocycles. The van der Waals surface area contributed by atoms with Crippen molar-refractivity contribution in [2.45, 2.75) is 18.8 Å². The van der Waals surface area contributed by atoms with Gasteiger partial charge in [-0.2, -0.15) is 0 Å². The number of rotatable bonds is 2. The molecule has 0 aromatic carbocycles. The molecule has 0 unspecified atom stereocenters. The number of aromatic nitrogens is 1. The van der Waals surface area contributed by atoms with Crippen LogP contribution in [0.25, 0.3) is 0 Å². The van der Waals surface area contributed by atoms with Gasteiger partial charge in [0.25, 0.3) is 0 Å². The predicted molar refractivity (Wildman–Crippen MR) is 50.8 cm³/mol. The normalized spacial score (nSPS) is 16.2. The van der Waals surface area contributed by atoms with E-state index >= 15 is 0 Å². The Kier molecular flexibility index (Phi) is 1.93. The van der Waals surface area contributed by atoms with Crippen LogP contribution >= 0.6 is 11.6 Å². The second kappa shape index (κ2) is 2.94. The summed E-state index contributed by atoms with van der Waals surface area (Å²) in [6, 6.07) is 1.93. The van der Waals surface area contributed by atoms with Crippen LogP contribution in [0, 0.1) is 0 Å². The summed E-state index contributed by atoms with van der Waals surface area (Å²) in [5.74, 6) is 0.628. The van der Waals surface area contributed by atoms with E-state index in [4.69, 9.17) is 11.6 Å². The molecule has 1 aliphatic rings. The second-order valence-electron chi connectivity index (χ2n) is 3.12. The van der Waals surface area contributed by atoms with Crippen molar-refractivity contribution >= 4 is 17.3 Å². The summed E-state index contributed by atoms with van der Waals surface area (Å²) in [6.45, 7) is 0. The highest BCUT2D eigenvalue weighted by Gasteiger charge is 2.27. The van der Waals surface area contributed by atoms with E-state index in [1.807, 2.05) is 19.3 Å². The highest BCUT2D eigenvalue weighted by Crippen LogP contribution is 2.42. The zero-order chi connectivity index (χ0) is 8.55. The summed E-state index contributed by atoms with van der Waals surface area (Å²) >= 11 is 6.04. The quantitative estimate of drug-likeness (QED) is 0.761. The van der Waals surface area contributed by atoms with E-state index < -0.39 is 0 Å². The highest BCUT2D eigenvalue weighted by molar-refractivity contribution is 6.31. The van der Waals surface area contributed by atoms with Gasteiger partial charge in [-0.05, 0) is 18.9 Å². The summed E-state index contributed by atoms with van der Waals surface area (Å²) in [4.78, 5) is 4.32. The Morgan fingerprint density at radius 3 is 2.83 bits per heavy atom. The van der Waals surface area contributed by atoms with E-state index in [1.165, 1.54) is 12.8 Å². The molecular formula is C9H11ClN2. The van der Waals surface area contributed by atoms with Gasteiger partial charge in [0.05, 0.1) is 22.6 Å². The largest absolute Gasteiger partial charge is 0.387 e. The van der Waals surface area contributed by atoms with E-state index in [1.54, 1.807) is 0 Å². The summed E-state index contributed by atoms with van der Waals surface area (Å²) < 4.78 is 0. The monoisotopic (exact) mass is 182 g/mol. The fourth-order valence-electron chi connectivity index (χ4n) is 1.24. The van der Waals surface area contributed by atoms with Crippen LogP contribution in [-0.4, -0.2) is 12.0 Å². The van der Waals surface area contributed by atoms with Gasteiger partial charge in [0, 0.05) is 13.0 Å². The van der Waals surface area contributed by atoms with Gasteiger partial charge in [0.2, 0.25) is 0 Å². The fraction of sp³-hybridized carbons (Fsp3) is 0.444. The van der Waals surface area contributed by atoms with Gasteiger partial charge < -0.3 is 5.32 Å². The smallest absolute Gasteiger partial charge is 0.0644 e. The van der Waals surface area contributed by atoms with E-state index in [9.17, 15) is 0 Å². The lowest BCUT2D eigenvalue weighted by Gasteiger charge is -2.03. The van der Waals surface area contributed by atoms with Gasteiger partial charge in [0.15, 0.2) is 0 Å². The maximum absolute atomic E-state index is 6.04. The van der Waals surface area contributed by atoms with Crippen molar-refractivity contribution in [2.75, 3.05) is 12.4 Å². The van der Waals surface area contributed by atoms with E-state index in [0.717, 1.165) is 16.4 Å². The van der Waals surface area contributed by atoms with Crippen LogP contribution in [0.5, 0.6) is 0 Å². The Bertz CT molecular complexity index is 295. The first kappa shape index (κ1) is 7.87. The van der Waals surface area contributed by atoms with Crippen LogP contribution < -0.4 is 5.32 Å². The van der Waals surface area contributed by atoms with Gasteiger partial charge >= 0.3 is 0 Å². The molecule has 2 nitrogen and oxygen atoms in total. The minimum atomic E-state index is 0.628. The van der Waals surface area contributed by atoms with Crippen molar-refractivity contribution < 1.29 is 0 Å². The Balaban J connectivity index is 2.32. The molecule has 1 N–H and O–H groups in total. The molecule has 1 heterocycles. The predicted octanol–water partition coefficient (Wildman–Crippen LogP) is 2.65. The SMILES string of the molecule is CNc1cnc(C2CC2)c(Cl)c1. The van der Waals surface area contributed by atoms with Crippen molar-refractivity contribution in [1.82, 2.24) is 4.98 Å². The first-order valence-electron chi connectivity index (χ1n) is 4.14. The van der Waals surface area contributed by atoms with Crippen LogP contribution in [0.4, 0.5) is 5.69 Å². The van der Waals surface area contributed by atoms with Gasteiger partial charge in [-0.3, -0.25) is 4.98 Å². The lowest BCUT2D eigenvalue weighted by Crippen LogP contribution is -1.93. The molecule has 1 saturated carbocycles. The molecule has 12 heavy (non-hydrogen) atoms. The number of nitrogens with zero attached hydrogens (tertiary/aromatic N) is 1. The van der Waals surface area contributed by atoms with E-state index in [-0.39, 0.29) is 0 Å². The molecule has 1 aliphatic carbocycles. The number of hydrogen-bond acceptors (Lipinski definition) is 2. The Morgan fingerprint density at radius 1 is 1.58 bits per heavy atom. The van der Waals surface area contributed by atoms with Crippen molar-refractivity contribution in [2.24, 2.45) is 0 Å². The Hall–Kier alpha value is -0.760. The molecule has 1 aromatic rings. The zero-order valence-electron chi connectivity index (χ0n) is 6.97. The third kappa shape index (κ3) is 1.39. The van der Waals surface area contributed by atoms with Gasteiger partial charge in [0.1, 0.15) is 0 Å². The molecule has 0 aliphatic heterocycles. The standard InChI is InChI=1S/C9H11ClN2/c1-11-7-4-8(10)9(12-5-7)6-2-3-6/h4-6,11H,2-3H2,1H3. The van der Waals surface area contributed by atoms with Gasteiger partial charge in [-0.15, -0.1) is 0 Å². The first-order chi connectivity index (χ1) is 5.81. The minimum absolute atomic E-state index is 0.628. The number of nitrogens with one attached hydrogen (secondary N) is 1. The van der Waals surface area contributed by atoms with Crippen LogP contribution in [-0.2, 0) is 0 Å². The molecule has 1 fully saturated rings. The lowest BCUT2D eigenvalue weighted by atomic mass is 10.2. The average molecular weight is 183 g/mol. The van der Waals surface area contributed by atoms with Gasteiger partial charge in [-0.25, -0.2) is 0 Å². The van der Waals surface area contributed by atoms with Crippen molar-refractivity contribution in [3.8, 4) is 0 Å². The summed E-state index contributed by atoms with van der Waals surface area (Å²) in [6.07, 6.45) is 4.32. The molecule has 0 spiro atoms. The molecule has 0 atom stereocenters. The minimum Gasteiger partial charge on any atom is -0.387 e. The molecule has 0 amide bonds. The molecule has 2 rings (SSSR count). The van der Waals surface area contributed by atoms with Crippen LogP contribution in [0.1, 0.15) is 24.5 Å². The second-order valence-corrected chi connectivity index (χ2v) is 3.52. The van der Waals surface area contributed by atoms with Gasteiger partial charge in [-0.1, -0.05) is 11.6 Å². The van der Waals surface area contributed by atoms with E-state index in [0.29, 0.717) is 5.92 Å². The first-order valence-corrected chi connectivity index (χ1v) is 4.52. The molecule has 0 bridgehead atoms. The summed E-state index contributed by atoms with van der Waals surface area (Å²) in [5, 5.41) is 3.80. The molecular weight excluding hydrogens is 172 g/mol. The number of pyridine rings is 1. The number of halogens is 1. The third-order valence-corrected chi connectivity index (χ3v) is 2.43. The van der Waals surface area contributed by atoms with Crippen LogP contribution in [0.3, 0.4) is 0 Å². The van der Waals surface area contributed by atoms with Crippen molar-refractivity contribution in [3.05, 3.63) is 23.0 Å². The zero-order valence-corrected chi connectivity index (χ0v) is 7.73. The average Bonchev–Trinajstić information content (AvgIpc) is 2.87. The van der Waals surface area contributed by atoms with Crippen LogP contribution in [0.15, 0.2) is 12.3 Å². The molecule has 3 heteroatoms. The fourth-order valence-corrected chi connectivity index (χ4v) is 1.56. The highest BCUT2D eigenvalue weighted by atomic mass is 35.5. The van der Waals surface area contributed by atoms with Crippen molar-refractivity contribution in [1.29, 1.82) is 0 Å². The number of anilines is 1. The van der Waals surface area contributed by atoms with E-state index in [2.05, 4.69) is 10.3 Å². The van der Waals surface area contributed by atoms with Crippen molar-refractivity contribution in [3.63, 3.8) is 0 Å². The lowest BCUT2D eigenvalue weighted by molar-refractivity contribution is 1.02.